The molecule has 2 amide bonds. The van der Waals surface area contributed by atoms with Crippen LogP contribution in [0.5, 0.6) is 0 Å². The van der Waals surface area contributed by atoms with Crippen LogP contribution in [-0.4, -0.2) is 11.8 Å². The van der Waals surface area contributed by atoms with Crippen LogP contribution in [0, 0.1) is 0 Å². The van der Waals surface area contributed by atoms with Gasteiger partial charge in [0.15, 0.2) is 0 Å². The largest absolute Gasteiger partial charge is 0.418 e. The Labute approximate surface area is 153 Å². The van der Waals surface area contributed by atoms with Gasteiger partial charge in [0.2, 0.25) is 11.8 Å². The van der Waals surface area contributed by atoms with E-state index in [0.717, 1.165) is 11.6 Å². The van der Waals surface area contributed by atoms with E-state index in [1.807, 2.05) is 30.3 Å². The Morgan fingerprint density at radius 3 is 2.35 bits per heavy atom. The standard InChI is InChI=1S/C18H16ClF3N2O2/c1-11(12-5-3-2-4-6-12)23-16(25)10-17(26)24-15-8-7-13(19)9-14(15)18(20,21)22/h2-9,11H,10H2,1H3,(H,23,25)(H,24,26). The molecule has 2 aromatic rings. The van der Waals surface area contributed by atoms with E-state index in [4.69, 9.17) is 11.6 Å². The molecule has 0 aliphatic heterocycles. The van der Waals surface area contributed by atoms with E-state index in [9.17, 15) is 22.8 Å². The molecule has 0 saturated heterocycles. The minimum atomic E-state index is -4.68. The Kier molecular flexibility index (Phi) is 6.26. The average Bonchev–Trinajstić information content (AvgIpc) is 2.56. The Bertz CT molecular complexity index is 795. The van der Waals surface area contributed by atoms with Crippen LogP contribution in [-0.2, 0) is 15.8 Å². The first-order chi connectivity index (χ1) is 12.2. The monoisotopic (exact) mass is 384 g/mol. The van der Waals surface area contributed by atoms with E-state index in [1.165, 1.54) is 6.07 Å². The van der Waals surface area contributed by atoms with Crippen LogP contribution >= 0.6 is 11.6 Å². The predicted molar refractivity (Wildman–Crippen MR) is 92.7 cm³/mol. The van der Waals surface area contributed by atoms with Crippen molar-refractivity contribution in [2.75, 3.05) is 5.32 Å². The third-order valence-electron chi connectivity index (χ3n) is 3.56. The number of benzene rings is 2. The highest BCUT2D eigenvalue weighted by Crippen LogP contribution is 2.36. The Morgan fingerprint density at radius 1 is 1.08 bits per heavy atom. The van der Waals surface area contributed by atoms with Gasteiger partial charge in [0.05, 0.1) is 17.3 Å². The van der Waals surface area contributed by atoms with Gasteiger partial charge >= 0.3 is 6.18 Å². The molecule has 1 atom stereocenters. The lowest BCUT2D eigenvalue weighted by molar-refractivity contribution is -0.137. The van der Waals surface area contributed by atoms with Gasteiger partial charge in [-0.3, -0.25) is 9.59 Å². The minimum Gasteiger partial charge on any atom is -0.349 e. The van der Waals surface area contributed by atoms with Crippen molar-refractivity contribution in [3.05, 3.63) is 64.7 Å². The molecule has 0 saturated carbocycles. The molecular weight excluding hydrogens is 369 g/mol. The number of alkyl halides is 3. The molecular formula is C18H16ClF3N2O2. The number of nitrogens with one attached hydrogen (secondary N) is 2. The molecule has 26 heavy (non-hydrogen) atoms. The van der Waals surface area contributed by atoms with Gasteiger partial charge in [-0.2, -0.15) is 13.2 Å². The van der Waals surface area contributed by atoms with Crippen LogP contribution < -0.4 is 10.6 Å². The lowest BCUT2D eigenvalue weighted by atomic mass is 10.1. The van der Waals surface area contributed by atoms with Crippen molar-refractivity contribution in [3.8, 4) is 0 Å². The summed E-state index contributed by atoms with van der Waals surface area (Å²) < 4.78 is 39.0. The van der Waals surface area contributed by atoms with Crippen LogP contribution in [0.25, 0.3) is 0 Å². The predicted octanol–water partition coefficient (Wildman–Crippen LogP) is 4.56. The zero-order valence-corrected chi connectivity index (χ0v) is 14.5. The first-order valence-corrected chi connectivity index (χ1v) is 8.05. The van der Waals surface area contributed by atoms with Crippen molar-refractivity contribution in [3.63, 3.8) is 0 Å². The number of amides is 2. The summed E-state index contributed by atoms with van der Waals surface area (Å²) >= 11 is 5.58. The van der Waals surface area contributed by atoms with Crippen molar-refractivity contribution in [2.24, 2.45) is 0 Å². The van der Waals surface area contributed by atoms with Gasteiger partial charge in [0.25, 0.3) is 0 Å². The van der Waals surface area contributed by atoms with E-state index < -0.39 is 35.7 Å². The summed E-state index contributed by atoms with van der Waals surface area (Å²) in [4.78, 5) is 23.9. The summed E-state index contributed by atoms with van der Waals surface area (Å²) in [6.07, 6.45) is -5.28. The molecule has 0 heterocycles. The van der Waals surface area contributed by atoms with Gasteiger partial charge in [0.1, 0.15) is 6.42 Å². The first kappa shape index (κ1) is 19.8. The molecule has 2 N–H and O–H groups in total. The molecule has 8 heteroatoms. The Hall–Kier alpha value is -2.54. The maximum atomic E-state index is 13.0. The van der Waals surface area contributed by atoms with Gasteiger partial charge in [-0.25, -0.2) is 0 Å². The molecule has 2 aromatic carbocycles. The molecule has 0 aliphatic rings. The van der Waals surface area contributed by atoms with E-state index in [-0.39, 0.29) is 11.1 Å². The third-order valence-corrected chi connectivity index (χ3v) is 3.79. The maximum absolute atomic E-state index is 13.0. The van der Waals surface area contributed by atoms with E-state index in [2.05, 4.69) is 10.6 Å². The fraction of sp³-hybridized carbons (Fsp3) is 0.222. The van der Waals surface area contributed by atoms with E-state index in [0.29, 0.717) is 6.07 Å². The van der Waals surface area contributed by atoms with Gasteiger partial charge in [-0.15, -0.1) is 0 Å². The molecule has 0 aliphatic carbocycles. The number of carbonyl (C=O) groups excluding carboxylic acids is 2. The second kappa shape index (κ2) is 8.23. The minimum absolute atomic E-state index is 0.107. The number of anilines is 1. The fourth-order valence-electron chi connectivity index (χ4n) is 2.32. The molecule has 4 nitrogen and oxygen atoms in total. The second-order valence-corrected chi connectivity index (χ2v) is 6.05. The third kappa shape index (κ3) is 5.49. The maximum Gasteiger partial charge on any atom is 0.418 e. The molecule has 0 radical (unpaired) electrons. The highest BCUT2D eigenvalue weighted by atomic mass is 35.5. The summed E-state index contributed by atoms with van der Waals surface area (Å²) in [5.74, 6) is -1.45. The average molecular weight is 385 g/mol. The molecule has 0 aromatic heterocycles. The number of hydrogen-bond acceptors (Lipinski definition) is 2. The van der Waals surface area contributed by atoms with E-state index in [1.54, 1.807) is 6.92 Å². The fourth-order valence-corrected chi connectivity index (χ4v) is 2.49. The van der Waals surface area contributed by atoms with Crippen LogP contribution in [0.1, 0.15) is 30.5 Å². The molecule has 138 valence electrons. The SMILES string of the molecule is CC(NC(=O)CC(=O)Nc1ccc(Cl)cc1C(F)(F)F)c1ccccc1. The molecule has 0 fully saturated rings. The number of hydrogen-bond donors (Lipinski definition) is 2. The second-order valence-electron chi connectivity index (χ2n) is 5.61. The van der Waals surface area contributed by atoms with Crippen molar-refractivity contribution < 1.29 is 22.8 Å². The van der Waals surface area contributed by atoms with E-state index >= 15 is 0 Å². The highest BCUT2D eigenvalue weighted by Gasteiger charge is 2.34. The summed E-state index contributed by atoms with van der Waals surface area (Å²) in [5.41, 5.74) is -0.675. The summed E-state index contributed by atoms with van der Waals surface area (Å²) in [5, 5.41) is 4.63. The Morgan fingerprint density at radius 2 is 1.73 bits per heavy atom. The first-order valence-electron chi connectivity index (χ1n) is 7.67. The zero-order chi connectivity index (χ0) is 19.3. The zero-order valence-electron chi connectivity index (χ0n) is 13.7. The molecule has 0 spiro atoms. The summed E-state index contributed by atoms with van der Waals surface area (Å²) in [6, 6.07) is 11.7. The molecule has 1 unspecified atom stereocenters. The van der Waals surface area contributed by atoms with Crippen molar-refractivity contribution in [2.45, 2.75) is 25.6 Å². The lowest BCUT2D eigenvalue weighted by Crippen LogP contribution is -2.30. The van der Waals surface area contributed by atoms with Crippen molar-refractivity contribution >= 4 is 29.1 Å². The number of carbonyl (C=O) groups is 2. The summed E-state index contributed by atoms with van der Waals surface area (Å²) in [7, 11) is 0. The molecule has 0 bridgehead atoms. The van der Waals surface area contributed by atoms with Gasteiger partial charge in [0, 0.05) is 5.02 Å². The van der Waals surface area contributed by atoms with Crippen molar-refractivity contribution in [1.82, 2.24) is 5.32 Å². The van der Waals surface area contributed by atoms with Crippen LogP contribution in [0.15, 0.2) is 48.5 Å². The smallest absolute Gasteiger partial charge is 0.349 e. The quantitative estimate of drug-likeness (QED) is 0.742. The number of halogens is 4. The van der Waals surface area contributed by atoms with Gasteiger partial charge in [-0.1, -0.05) is 41.9 Å². The van der Waals surface area contributed by atoms with Gasteiger partial charge in [-0.05, 0) is 30.7 Å². The summed E-state index contributed by atoms with van der Waals surface area (Å²) in [6.45, 7) is 1.74. The Balaban J connectivity index is 2.00. The van der Waals surface area contributed by atoms with Crippen LogP contribution in [0.3, 0.4) is 0 Å². The van der Waals surface area contributed by atoms with Crippen LogP contribution in [0.2, 0.25) is 5.02 Å². The highest BCUT2D eigenvalue weighted by molar-refractivity contribution is 6.30. The van der Waals surface area contributed by atoms with Crippen molar-refractivity contribution in [1.29, 1.82) is 0 Å². The van der Waals surface area contributed by atoms with Crippen LogP contribution in [0.4, 0.5) is 18.9 Å². The lowest BCUT2D eigenvalue weighted by Gasteiger charge is -2.16. The van der Waals surface area contributed by atoms with Gasteiger partial charge < -0.3 is 10.6 Å². The number of rotatable bonds is 5. The molecule has 2 rings (SSSR count). The topological polar surface area (TPSA) is 58.2 Å². The normalized spacial score (nSPS) is 12.3.